The fourth-order valence-electron chi connectivity index (χ4n) is 2.84. The molecule has 1 N–H and O–H groups in total. The van der Waals surface area contributed by atoms with Gasteiger partial charge in [-0.15, -0.1) is 0 Å². The first-order valence-corrected chi connectivity index (χ1v) is 7.78. The van der Waals surface area contributed by atoms with E-state index in [0.29, 0.717) is 6.04 Å². The van der Waals surface area contributed by atoms with Crippen molar-refractivity contribution in [2.45, 2.75) is 38.3 Å². The number of halogens is 2. The highest BCUT2D eigenvalue weighted by molar-refractivity contribution is 6.34. The monoisotopic (exact) mass is 300 g/mol. The van der Waals surface area contributed by atoms with Crippen LogP contribution in [-0.4, -0.2) is 31.1 Å². The number of hydrogen-bond donors (Lipinski definition) is 1. The van der Waals surface area contributed by atoms with E-state index in [4.69, 9.17) is 23.2 Å². The van der Waals surface area contributed by atoms with Gasteiger partial charge in [0.2, 0.25) is 0 Å². The van der Waals surface area contributed by atoms with Crippen molar-refractivity contribution in [3.05, 3.63) is 33.8 Å². The Hall–Kier alpha value is -0.280. The smallest absolute Gasteiger partial charge is 0.0424 e. The molecule has 1 fully saturated rings. The lowest BCUT2D eigenvalue weighted by atomic mass is 9.98. The second-order valence-corrected chi connectivity index (χ2v) is 6.16. The topological polar surface area (TPSA) is 15.3 Å². The van der Waals surface area contributed by atoms with Gasteiger partial charge in [0.05, 0.1) is 0 Å². The van der Waals surface area contributed by atoms with Crippen LogP contribution in [0.2, 0.25) is 10.0 Å². The van der Waals surface area contributed by atoms with E-state index in [9.17, 15) is 0 Å². The third-order valence-corrected chi connectivity index (χ3v) is 4.22. The van der Waals surface area contributed by atoms with E-state index < -0.39 is 0 Å². The molecule has 0 radical (unpaired) electrons. The van der Waals surface area contributed by atoms with Crippen molar-refractivity contribution >= 4 is 23.2 Å². The normalized spacial score (nSPS) is 20.7. The number of nitrogens with one attached hydrogen (secondary N) is 1. The van der Waals surface area contributed by atoms with Gasteiger partial charge in [0, 0.05) is 22.6 Å². The zero-order valence-corrected chi connectivity index (χ0v) is 13.0. The summed E-state index contributed by atoms with van der Waals surface area (Å²) >= 11 is 12.1. The van der Waals surface area contributed by atoms with Crippen LogP contribution in [0.3, 0.4) is 0 Å². The van der Waals surface area contributed by atoms with Crippen molar-refractivity contribution in [3.8, 4) is 0 Å². The van der Waals surface area contributed by atoms with Gasteiger partial charge in [-0.3, -0.25) is 4.90 Å². The predicted octanol–water partition coefficient (Wildman–Crippen LogP) is 3.96. The van der Waals surface area contributed by atoms with E-state index >= 15 is 0 Å². The second-order valence-electron chi connectivity index (χ2n) is 5.29. The van der Waals surface area contributed by atoms with Crippen LogP contribution < -0.4 is 5.32 Å². The molecule has 0 saturated carbocycles. The van der Waals surface area contributed by atoms with Gasteiger partial charge in [-0.1, -0.05) is 29.6 Å². The molecule has 0 amide bonds. The van der Waals surface area contributed by atoms with Crippen LogP contribution in [0.4, 0.5) is 0 Å². The van der Waals surface area contributed by atoms with Crippen molar-refractivity contribution in [1.82, 2.24) is 10.2 Å². The van der Waals surface area contributed by atoms with E-state index in [1.165, 1.54) is 37.8 Å². The number of hydrogen-bond acceptors (Lipinski definition) is 2. The Bertz CT molecular complexity index is 389. The fourth-order valence-corrected chi connectivity index (χ4v) is 3.41. The highest BCUT2D eigenvalue weighted by atomic mass is 35.5. The van der Waals surface area contributed by atoms with Gasteiger partial charge in [-0.25, -0.2) is 0 Å². The summed E-state index contributed by atoms with van der Waals surface area (Å²) in [6.45, 7) is 3.21. The van der Waals surface area contributed by atoms with Crippen LogP contribution in [-0.2, 0) is 6.54 Å². The van der Waals surface area contributed by atoms with Crippen LogP contribution >= 0.6 is 23.2 Å². The second kappa shape index (κ2) is 7.49. The summed E-state index contributed by atoms with van der Waals surface area (Å²) in [4.78, 5) is 2.57. The van der Waals surface area contributed by atoms with Crippen LogP contribution in [0.5, 0.6) is 0 Å². The van der Waals surface area contributed by atoms with Gasteiger partial charge in [-0.2, -0.15) is 0 Å². The van der Waals surface area contributed by atoms with Gasteiger partial charge >= 0.3 is 0 Å². The Labute approximate surface area is 126 Å². The lowest BCUT2D eigenvalue weighted by Crippen LogP contribution is -2.40. The molecule has 0 bridgehead atoms. The molecule has 1 atom stereocenters. The summed E-state index contributed by atoms with van der Waals surface area (Å²) in [7, 11) is 2.02. The molecular formula is C15H22Cl2N2. The van der Waals surface area contributed by atoms with E-state index in [-0.39, 0.29) is 0 Å². The molecule has 1 saturated heterocycles. The minimum absolute atomic E-state index is 0.680. The Morgan fingerprint density at radius 3 is 2.63 bits per heavy atom. The van der Waals surface area contributed by atoms with E-state index in [2.05, 4.69) is 10.2 Å². The zero-order valence-electron chi connectivity index (χ0n) is 11.5. The van der Waals surface area contributed by atoms with E-state index in [1.54, 1.807) is 6.07 Å². The molecule has 0 aliphatic carbocycles. The van der Waals surface area contributed by atoms with Crippen LogP contribution in [0, 0.1) is 0 Å². The number of likely N-dealkylation sites (tertiary alicyclic amines) is 1. The number of nitrogens with zero attached hydrogens (tertiary/aromatic N) is 1. The standard InChI is InChI=1S/C15H22Cl2N2/c1-18-6-5-15-4-2-3-7-19(15)11-12-8-13(16)10-14(17)9-12/h8-10,15,18H,2-7,11H2,1H3. The molecule has 1 unspecified atom stereocenters. The molecule has 2 nitrogen and oxygen atoms in total. The Balaban J connectivity index is 2.01. The third-order valence-electron chi connectivity index (χ3n) is 3.78. The Morgan fingerprint density at radius 2 is 1.95 bits per heavy atom. The summed E-state index contributed by atoms with van der Waals surface area (Å²) in [5, 5.41) is 4.70. The minimum Gasteiger partial charge on any atom is -0.320 e. The molecule has 106 valence electrons. The molecule has 19 heavy (non-hydrogen) atoms. The van der Waals surface area contributed by atoms with E-state index in [0.717, 1.165) is 23.1 Å². The highest BCUT2D eigenvalue weighted by Crippen LogP contribution is 2.24. The Morgan fingerprint density at radius 1 is 1.21 bits per heavy atom. The lowest BCUT2D eigenvalue weighted by molar-refractivity contribution is 0.132. The van der Waals surface area contributed by atoms with Gasteiger partial charge in [0.25, 0.3) is 0 Å². The summed E-state index contributed by atoms with van der Waals surface area (Å²) in [5.41, 5.74) is 1.22. The molecule has 1 aliphatic heterocycles. The van der Waals surface area contributed by atoms with Crippen LogP contribution in [0.15, 0.2) is 18.2 Å². The Kier molecular flexibility index (Phi) is 5.96. The van der Waals surface area contributed by atoms with Crippen LogP contribution in [0.1, 0.15) is 31.2 Å². The summed E-state index contributed by atoms with van der Waals surface area (Å²) in [6.07, 6.45) is 5.16. The molecule has 1 aliphatic rings. The molecule has 0 spiro atoms. The van der Waals surface area contributed by atoms with E-state index in [1.807, 2.05) is 19.2 Å². The summed E-state index contributed by atoms with van der Waals surface area (Å²) < 4.78 is 0. The van der Waals surface area contributed by atoms with Crippen LogP contribution in [0.25, 0.3) is 0 Å². The van der Waals surface area contributed by atoms with Gasteiger partial charge in [0.15, 0.2) is 0 Å². The summed E-state index contributed by atoms with van der Waals surface area (Å²) in [5.74, 6) is 0. The molecule has 2 rings (SSSR count). The largest absolute Gasteiger partial charge is 0.320 e. The minimum atomic E-state index is 0.680. The van der Waals surface area contributed by atoms with Gasteiger partial charge < -0.3 is 5.32 Å². The number of rotatable bonds is 5. The average molecular weight is 301 g/mol. The average Bonchev–Trinajstić information content (AvgIpc) is 2.36. The first-order chi connectivity index (χ1) is 9.19. The third kappa shape index (κ3) is 4.64. The number of piperidine rings is 1. The highest BCUT2D eigenvalue weighted by Gasteiger charge is 2.21. The van der Waals surface area contributed by atoms with Gasteiger partial charge in [0.1, 0.15) is 0 Å². The fraction of sp³-hybridized carbons (Fsp3) is 0.600. The first kappa shape index (κ1) is 15.1. The van der Waals surface area contributed by atoms with Crippen molar-refractivity contribution < 1.29 is 0 Å². The summed E-state index contributed by atoms with van der Waals surface area (Å²) in [6, 6.07) is 6.52. The first-order valence-electron chi connectivity index (χ1n) is 7.02. The molecule has 4 heteroatoms. The molecular weight excluding hydrogens is 279 g/mol. The predicted molar refractivity (Wildman–Crippen MR) is 83.1 cm³/mol. The van der Waals surface area contributed by atoms with Crippen molar-refractivity contribution in [3.63, 3.8) is 0 Å². The maximum Gasteiger partial charge on any atom is 0.0424 e. The number of benzene rings is 1. The van der Waals surface area contributed by atoms with Crippen molar-refractivity contribution in [1.29, 1.82) is 0 Å². The molecule has 1 aromatic carbocycles. The maximum atomic E-state index is 6.07. The molecule has 1 heterocycles. The molecule has 0 aromatic heterocycles. The maximum absolute atomic E-state index is 6.07. The quantitative estimate of drug-likeness (QED) is 0.885. The SMILES string of the molecule is CNCCC1CCCCN1Cc1cc(Cl)cc(Cl)c1. The zero-order chi connectivity index (χ0) is 13.7. The van der Waals surface area contributed by atoms with Gasteiger partial charge in [-0.05, 0) is 63.2 Å². The van der Waals surface area contributed by atoms with Crippen molar-refractivity contribution in [2.24, 2.45) is 0 Å². The molecule has 1 aromatic rings. The van der Waals surface area contributed by atoms with Crippen molar-refractivity contribution in [2.75, 3.05) is 20.1 Å². The lowest BCUT2D eigenvalue weighted by Gasteiger charge is -2.36.